The Bertz CT molecular complexity index is 2960. The molecule has 2 aromatic carbocycles. The smallest absolute Gasteiger partial charge is 0.245 e. The molecule has 2 fully saturated rings. The summed E-state index contributed by atoms with van der Waals surface area (Å²) in [4.78, 5) is 185. The maximum Gasteiger partial charge on any atom is 0.245 e. The number of aliphatic imine (C=N–C) groups is 1. The lowest BCUT2D eigenvalue weighted by Gasteiger charge is -2.32. The third-order valence-electron chi connectivity index (χ3n) is 16.0. The number of hydrogen-bond acceptors (Lipinski definition) is 17. The van der Waals surface area contributed by atoms with Gasteiger partial charge in [0.25, 0.3) is 0 Å². The van der Waals surface area contributed by atoms with Crippen molar-refractivity contribution in [2.45, 2.75) is 183 Å². The molecule has 0 unspecified atom stereocenters. The second-order valence-corrected chi connectivity index (χ2v) is 25.1. The van der Waals surface area contributed by atoms with Crippen molar-refractivity contribution in [3.8, 4) is 0 Å². The lowest BCUT2D eigenvalue weighted by molar-refractivity contribution is -0.144. The molecule has 0 saturated carbocycles. The molecule has 0 bridgehead atoms. The maximum atomic E-state index is 14.7. The molecule has 22 N–H and O–H groups in total. The lowest BCUT2D eigenvalue weighted by atomic mass is 10.0. The van der Waals surface area contributed by atoms with Gasteiger partial charge in [-0.3, -0.25) is 67.3 Å². The van der Waals surface area contributed by atoms with Gasteiger partial charge in [-0.15, -0.1) is 0 Å². The number of carbonyl (C=O) groups excluding carboxylic acids is 13. The average Bonchev–Trinajstić information content (AvgIpc) is 1.74. The number of carbonyl (C=O) groups is 13. The van der Waals surface area contributed by atoms with Gasteiger partial charge in [0.1, 0.15) is 54.4 Å². The summed E-state index contributed by atoms with van der Waals surface area (Å²) < 4.78 is 0. The minimum atomic E-state index is -1.64. The zero-order valence-electron chi connectivity index (χ0n) is 54.5. The van der Waals surface area contributed by atoms with Crippen molar-refractivity contribution in [2.24, 2.45) is 51.0 Å². The fourth-order valence-corrected chi connectivity index (χ4v) is 11.5. The van der Waals surface area contributed by atoms with Crippen LogP contribution in [0.5, 0.6) is 0 Å². The number of nitrogens with zero attached hydrogens (tertiary/aromatic N) is 3. The number of hydrogen-bond donors (Lipinski definition) is 15. The highest BCUT2D eigenvalue weighted by Crippen LogP contribution is 2.24. The first-order valence-electron chi connectivity index (χ1n) is 32.2. The van der Waals surface area contributed by atoms with Gasteiger partial charge in [-0.2, -0.15) is 11.8 Å². The van der Waals surface area contributed by atoms with Gasteiger partial charge in [-0.05, 0) is 119 Å². The van der Waals surface area contributed by atoms with Crippen LogP contribution in [0.15, 0.2) is 65.7 Å². The molecule has 2 saturated heterocycles. The third-order valence-corrected chi connectivity index (χ3v) is 16.7. The molecule has 0 radical (unpaired) electrons. The van der Waals surface area contributed by atoms with Gasteiger partial charge in [0.2, 0.25) is 76.8 Å². The van der Waals surface area contributed by atoms with Gasteiger partial charge < -0.3 is 92.5 Å². The Kier molecular flexibility index (Phi) is 33.9. The zero-order valence-corrected chi connectivity index (χ0v) is 55.3. The number of nitrogens with two attached hydrogens (primary N) is 7. The topological polar surface area (TPSA) is 519 Å². The van der Waals surface area contributed by atoms with Crippen molar-refractivity contribution < 1.29 is 62.3 Å². The summed E-state index contributed by atoms with van der Waals surface area (Å²) >= 11 is 1.45. The number of thioether (sulfide) groups is 1. The third kappa shape index (κ3) is 27.5. The molecular weight excluding hydrogens is 1250 g/mol. The molecule has 2 heterocycles. The van der Waals surface area contributed by atoms with Crippen molar-refractivity contribution in [3.05, 3.63) is 71.8 Å². The maximum absolute atomic E-state index is 14.7. The number of rotatable bonds is 42. The molecule has 0 spiro atoms. The highest BCUT2D eigenvalue weighted by atomic mass is 32.2. The van der Waals surface area contributed by atoms with Crippen molar-refractivity contribution in [1.29, 1.82) is 0 Å². The number of primary amides is 3. The van der Waals surface area contributed by atoms with E-state index in [1.807, 2.05) is 20.1 Å². The van der Waals surface area contributed by atoms with Crippen LogP contribution >= 0.6 is 11.8 Å². The van der Waals surface area contributed by atoms with E-state index in [2.05, 4.69) is 47.5 Å². The SMILES string of the molecule is CSCC[C@H](NC(=O)[C@@H](CC(C)C)NC(=O)CNC(=O)[C@H](Cc1ccccc1)NC(=O)[C@H](Cc1ccccc1)NC(=O)[C@H](CCC(N)=O)NC(=O)[C@@H](CCC(N)=O)NC(=O)[C@@H]1CCCN1C(=O)[C@@H](CCCCN)NC(=O)[C@@H]1CCCN1C(=O)[C@H](N)CCCN=C(N)N)C(N)=O. The summed E-state index contributed by atoms with van der Waals surface area (Å²) in [6.45, 7) is 3.86. The van der Waals surface area contributed by atoms with Crippen LogP contribution in [0.1, 0.15) is 121 Å². The molecule has 4 rings (SSSR count). The summed E-state index contributed by atoms with van der Waals surface area (Å²) in [6, 6.07) is 4.51. The summed E-state index contributed by atoms with van der Waals surface area (Å²) in [5, 5.41) is 21.1. The molecule has 0 aliphatic carbocycles. The van der Waals surface area contributed by atoms with E-state index in [0.717, 1.165) is 0 Å². The minimum absolute atomic E-state index is 0.0736. The van der Waals surface area contributed by atoms with E-state index < -0.39 is 169 Å². The largest absolute Gasteiger partial charge is 0.370 e. The molecule has 524 valence electrons. The Morgan fingerprint density at radius 3 is 1.51 bits per heavy atom. The number of nitrogens with one attached hydrogen (secondary N) is 8. The van der Waals surface area contributed by atoms with Crippen LogP contribution < -0.4 is 82.7 Å². The normalized spacial score (nSPS) is 16.8. The Hall–Kier alpha value is -8.91. The van der Waals surface area contributed by atoms with E-state index in [9.17, 15) is 62.3 Å². The molecule has 13 amide bonds. The molecule has 2 aliphatic rings. The minimum Gasteiger partial charge on any atom is -0.370 e. The molecule has 2 aromatic rings. The summed E-state index contributed by atoms with van der Waals surface area (Å²) in [5.74, 6) is -9.80. The fourth-order valence-electron chi connectivity index (χ4n) is 11.0. The molecule has 32 heteroatoms. The number of guanidine groups is 1. The van der Waals surface area contributed by atoms with Crippen LogP contribution in [0.3, 0.4) is 0 Å². The summed E-state index contributed by atoms with van der Waals surface area (Å²) in [5.41, 5.74) is 40.6. The van der Waals surface area contributed by atoms with Crippen LogP contribution in [0.4, 0.5) is 0 Å². The number of amides is 13. The first-order chi connectivity index (χ1) is 45.2. The highest BCUT2D eigenvalue weighted by Gasteiger charge is 2.42. The molecule has 31 nitrogen and oxygen atoms in total. The molecule has 2 aliphatic heterocycles. The summed E-state index contributed by atoms with van der Waals surface area (Å²) in [7, 11) is 0. The van der Waals surface area contributed by atoms with Crippen molar-refractivity contribution in [2.75, 3.05) is 44.7 Å². The molecule has 10 atom stereocenters. The predicted octanol–water partition coefficient (Wildman–Crippen LogP) is -3.71. The second kappa shape index (κ2) is 41.0. The fraction of sp³-hybridized carbons (Fsp3) is 0.587. The Morgan fingerprint density at radius 1 is 0.537 bits per heavy atom. The number of unbranched alkanes of at least 4 members (excludes halogenated alkanes) is 1. The first-order valence-corrected chi connectivity index (χ1v) is 33.6. The van der Waals surface area contributed by atoms with Crippen molar-refractivity contribution in [1.82, 2.24) is 52.3 Å². The Labute approximate surface area is 558 Å². The Balaban J connectivity index is 1.56. The molecule has 0 aromatic heterocycles. The van der Waals surface area contributed by atoms with Gasteiger partial charge in [0.05, 0.1) is 12.6 Å². The second-order valence-electron chi connectivity index (χ2n) is 24.1. The number of benzene rings is 2. The highest BCUT2D eigenvalue weighted by molar-refractivity contribution is 7.98. The standard InChI is InChI=1S/C63H98N18O13S/c1-37(2)33-45(57(89)74-41(53(68)85)27-32-95-3)73-52(84)36-72-54(86)46(34-38-15-6-4-7-16-38)78-58(90)47(35-39-17-8-5-9-18-39)79-56(88)42(23-25-50(66)82)75-55(87)43(24-26-51(67)83)76-59(91)49-22-14-31-81(49)62(94)44(20-10-11-28-64)77-60(92)48-21-13-30-80(48)61(93)40(65)19-12-29-71-63(69)70/h4-9,15-18,37,40-49H,10-14,19-36,64-65H2,1-3H3,(H2,66,82)(H2,67,83)(H2,68,85)(H,72,86)(H,73,84)(H,74,89)(H,75,87)(H,76,91)(H,77,92)(H,78,90)(H,79,88)(H4,69,70,71)/t40-,41+,42+,43-,44-,45-,46+,47+,48+,49+/m1/s1. The van der Waals surface area contributed by atoms with Gasteiger partial charge in [0, 0.05) is 45.3 Å². The number of likely N-dealkylation sites (tertiary alicyclic amines) is 2. The van der Waals surface area contributed by atoms with E-state index in [-0.39, 0.29) is 83.0 Å². The van der Waals surface area contributed by atoms with Gasteiger partial charge in [-0.1, -0.05) is 74.5 Å². The van der Waals surface area contributed by atoms with Crippen molar-refractivity contribution in [3.63, 3.8) is 0 Å². The quantitative estimate of drug-likeness (QED) is 0.0173. The van der Waals surface area contributed by atoms with Crippen LogP contribution in [0, 0.1) is 5.92 Å². The zero-order chi connectivity index (χ0) is 70.1. The first kappa shape index (κ1) is 78.5. The van der Waals surface area contributed by atoms with Crippen LogP contribution in [0.25, 0.3) is 0 Å². The van der Waals surface area contributed by atoms with Gasteiger partial charge in [0.15, 0.2) is 5.96 Å². The van der Waals surface area contributed by atoms with E-state index in [1.54, 1.807) is 60.7 Å². The van der Waals surface area contributed by atoms with Gasteiger partial charge in [-0.25, -0.2) is 0 Å². The van der Waals surface area contributed by atoms with Gasteiger partial charge >= 0.3 is 0 Å². The van der Waals surface area contributed by atoms with Crippen LogP contribution in [0.2, 0.25) is 0 Å². The monoisotopic (exact) mass is 1350 g/mol. The molecular formula is C63H98N18O13S. The van der Waals surface area contributed by atoms with Crippen molar-refractivity contribution >= 4 is 94.5 Å². The summed E-state index contributed by atoms with van der Waals surface area (Å²) in [6.07, 6.45) is 3.12. The predicted molar refractivity (Wildman–Crippen MR) is 356 cm³/mol. The van der Waals surface area contributed by atoms with E-state index in [4.69, 9.17) is 40.1 Å². The van der Waals surface area contributed by atoms with Crippen LogP contribution in [-0.2, 0) is 75.2 Å². The van der Waals surface area contributed by atoms with Crippen LogP contribution in [-0.4, -0.2) is 198 Å². The van der Waals surface area contributed by atoms with E-state index in [0.29, 0.717) is 55.4 Å². The lowest BCUT2D eigenvalue weighted by Crippen LogP contribution is -2.60. The molecule has 95 heavy (non-hydrogen) atoms. The Morgan fingerprint density at radius 2 is 1.01 bits per heavy atom. The average molecular weight is 1350 g/mol. The van der Waals surface area contributed by atoms with E-state index >= 15 is 0 Å². The van der Waals surface area contributed by atoms with E-state index in [1.165, 1.54) is 21.6 Å².